The number of carboxylic acids is 1. The molecule has 20 heavy (non-hydrogen) atoms. The third-order valence-corrected chi connectivity index (χ3v) is 6.10. The quantitative estimate of drug-likeness (QED) is 0.817. The largest absolute Gasteiger partial charge is 0.480 e. The third-order valence-electron chi connectivity index (χ3n) is 3.31. The lowest BCUT2D eigenvalue weighted by molar-refractivity contribution is -0.137. The predicted molar refractivity (Wildman–Crippen MR) is 72.5 cm³/mol. The number of aliphatic carboxylic acids is 1. The van der Waals surface area contributed by atoms with E-state index in [1.165, 1.54) is 7.05 Å². The van der Waals surface area contributed by atoms with E-state index >= 15 is 0 Å². The lowest BCUT2D eigenvalue weighted by atomic mass is 10.2. The van der Waals surface area contributed by atoms with Crippen molar-refractivity contribution in [3.63, 3.8) is 0 Å². The fourth-order valence-corrected chi connectivity index (χ4v) is 5.11. The molecule has 1 aliphatic carbocycles. The highest BCUT2D eigenvalue weighted by Gasteiger charge is 2.38. The molecule has 1 aromatic rings. The zero-order valence-electron chi connectivity index (χ0n) is 10.9. The maximum Gasteiger partial charge on any atom is 0.318 e. The van der Waals surface area contributed by atoms with Gasteiger partial charge in [0.05, 0.1) is 0 Å². The van der Waals surface area contributed by atoms with E-state index in [1.54, 1.807) is 0 Å². The highest BCUT2D eigenvalue weighted by molar-refractivity contribution is 9.10. The first-order valence-corrected chi connectivity index (χ1v) is 8.36. The molecule has 0 aromatic carbocycles. The van der Waals surface area contributed by atoms with Crippen molar-refractivity contribution in [1.29, 1.82) is 0 Å². The summed E-state index contributed by atoms with van der Waals surface area (Å²) in [4.78, 5) is 11.0. The standard InChI is InChI=1S/C10H15BrN4O4S/c1-14-10(9(11)12-13-14)20(18,19)15(6-8(16)17)7-4-2-3-5-7/h7H,2-6H2,1H3,(H,16,17). The summed E-state index contributed by atoms with van der Waals surface area (Å²) in [5.41, 5.74) is 0. The van der Waals surface area contributed by atoms with Crippen LogP contribution in [0.15, 0.2) is 9.63 Å². The smallest absolute Gasteiger partial charge is 0.318 e. The van der Waals surface area contributed by atoms with Gasteiger partial charge < -0.3 is 5.11 Å². The van der Waals surface area contributed by atoms with Crippen molar-refractivity contribution in [1.82, 2.24) is 19.3 Å². The molecule has 0 atom stereocenters. The Balaban J connectivity index is 2.43. The van der Waals surface area contributed by atoms with E-state index in [4.69, 9.17) is 5.11 Å². The number of rotatable bonds is 5. The Labute approximate surface area is 124 Å². The van der Waals surface area contributed by atoms with Gasteiger partial charge in [0.15, 0.2) is 4.60 Å². The first kappa shape index (κ1) is 15.4. The van der Waals surface area contributed by atoms with Crippen molar-refractivity contribution in [2.75, 3.05) is 6.54 Å². The molecule has 1 N–H and O–H groups in total. The fourth-order valence-electron chi connectivity index (χ4n) is 2.44. The summed E-state index contributed by atoms with van der Waals surface area (Å²) in [6.07, 6.45) is 3.16. The minimum absolute atomic E-state index is 0.0911. The molecule has 0 amide bonds. The van der Waals surface area contributed by atoms with Gasteiger partial charge in [-0.2, -0.15) is 4.31 Å². The van der Waals surface area contributed by atoms with Crippen LogP contribution in [0.3, 0.4) is 0 Å². The van der Waals surface area contributed by atoms with Gasteiger partial charge in [-0.25, -0.2) is 13.1 Å². The maximum atomic E-state index is 12.7. The molecule has 112 valence electrons. The number of hydrogen-bond donors (Lipinski definition) is 1. The van der Waals surface area contributed by atoms with Crippen molar-refractivity contribution >= 4 is 31.9 Å². The molecule has 8 nitrogen and oxygen atoms in total. The second-order valence-electron chi connectivity index (χ2n) is 4.69. The monoisotopic (exact) mass is 366 g/mol. The van der Waals surface area contributed by atoms with Crippen molar-refractivity contribution in [3.8, 4) is 0 Å². The second kappa shape index (κ2) is 5.78. The number of nitrogens with zero attached hydrogens (tertiary/aromatic N) is 4. The minimum atomic E-state index is -3.95. The van der Waals surface area contributed by atoms with Crippen molar-refractivity contribution < 1.29 is 18.3 Å². The van der Waals surface area contributed by atoms with Gasteiger partial charge in [-0.15, -0.1) is 5.10 Å². The highest BCUT2D eigenvalue weighted by atomic mass is 79.9. The summed E-state index contributed by atoms with van der Waals surface area (Å²) in [7, 11) is -2.50. The molecule has 1 heterocycles. The molecule has 1 saturated carbocycles. The maximum absolute atomic E-state index is 12.7. The van der Waals surface area contributed by atoms with Gasteiger partial charge in [-0.3, -0.25) is 4.79 Å². The first-order chi connectivity index (χ1) is 9.34. The van der Waals surface area contributed by atoms with Gasteiger partial charge in [0.1, 0.15) is 6.54 Å². The lowest BCUT2D eigenvalue weighted by Gasteiger charge is -2.26. The zero-order chi connectivity index (χ0) is 14.9. The molecule has 10 heteroatoms. The molecule has 0 spiro atoms. The number of carbonyl (C=O) groups is 1. The Kier molecular flexibility index (Phi) is 4.45. The molecule has 0 bridgehead atoms. The molecule has 0 saturated heterocycles. The molecule has 2 rings (SSSR count). The van der Waals surface area contributed by atoms with Crippen molar-refractivity contribution in [2.24, 2.45) is 7.05 Å². The van der Waals surface area contributed by atoms with E-state index in [-0.39, 0.29) is 15.7 Å². The van der Waals surface area contributed by atoms with Gasteiger partial charge in [0.25, 0.3) is 10.0 Å². The summed E-state index contributed by atoms with van der Waals surface area (Å²) >= 11 is 3.05. The zero-order valence-corrected chi connectivity index (χ0v) is 13.3. The van der Waals surface area contributed by atoms with E-state index in [0.717, 1.165) is 21.8 Å². The molecule has 0 aliphatic heterocycles. The summed E-state index contributed by atoms with van der Waals surface area (Å²) < 4.78 is 27.6. The Bertz CT molecular complexity index is 589. The normalized spacial score (nSPS) is 16.9. The average molecular weight is 367 g/mol. The summed E-state index contributed by atoms with van der Waals surface area (Å²) in [5.74, 6) is -1.17. The van der Waals surface area contributed by atoms with E-state index in [9.17, 15) is 13.2 Å². The van der Waals surface area contributed by atoms with Gasteiger partial charge in [-0.1, -0.05) is 18.1 Å². The van der Waals surface area contributed by atoms with Gasteiger partial charge in [-0.05, 0) is 28.8 Å². The van der Waals surface area contributed by atoms with Crippen LogP contribution in [0.2, 0.25) is 0 Å². The van der Waals surface area contributed by atoms with E-state index in [2.05, 4.69) is 26.2 Å². The van der Waals surface area contributed by atoms with Crippen LogP contribution < -0.4 is 0 Å². The SMILES string of the molecule is Cn1nnc(Br)c1S(=O)(=O)N(CC(=O)O)C1CCCC1. The van der Waals surface area contributed by atoms with Gasteiger partial charge in [0.2, 0.25) is 5.03 Å². The van der Waals surface area contributed by atoms with Crippen LogP contribution in [0.4, 0.5) is 0 Å². The van der Waals surface area contributed by atoms with Crippen LogP contribution in [-0.2, 0) is 21.9 Å². The van der Waals surface area contributed by atoms with Crippen LogP contribution in [0.5, 0.6) is 0 Å². The van der Waals surface area contributed by atoms with Crippen LogP contribution in [0.25, 0.3) is 0 Å². The topological polar surface area (TPSA) is 105 Å². The van der Waals surface area contributed by atoms with E-state index in [1.807, 2.05) is 0 Å². The Morgan fingerprint density at radius 3 is 2.55 bits per heavy atom. The predicted octanol–water partition coefficient (Wildman–Crippen LogP) is 0.595. The number of halogens is 1. The van der Waals surface area contributed by atoms with E-state index in [0.29, 0.717) is 12.8 Å². The first-order valence-electron chi connectivity index (χ1n) is 6.13. The molecular formula is C10H15BrN4O4S. The Morgan fingerprint density at radius 2 is 2.10 bits per heavy atom. The van der Waals surface area contributed by atoms with Crippen LogP contribution >= 0.6 is 15.9 Å². The molecule has 0 radical (unpaired) electrons. The summed E-state index contributed by atoms with van der Waals surface area (Å²) in [5, 5.41) is 16.2. The van der Waals surface area contributed by atoms with Crippen molar-refractivity contribution in [3.05, 3.63) is 4.60 Å². The average Bonchev–Trinajstić information content (AvgIpc) is 2.96. The van der Waals surface area contributed by atoms with Crippen LogP contribution in [0, 0.1) is 0 Å². The highest BCUT2D eigenvalue weighted by Crippen LogP contribution is 2.30. The minimum Gasteiger partial charge on any atom is -0.480 e. The second-order valence-corrected chi connectivity index (χ2v) is 7.25. The molecule has 1 aliphatic rings. The molecule has 0 unspecified atom stereocenters. The number of carboxylic acid groups (broad SMARTS) is 1. The summed E-state index contributed by atoms with van der Waals surface area (Å²) in [6.45, 7) is -0.551. The molecule has 1 fully saturated rings. The fraction of sp³-hybridized carbons (Fsp3) is 0.700. The molecule has 1 aromatic heterocycles. The van der Waals surface area contributed by atoms with Gasteiger partial charge in [0, 0.05) is 13.1 Å². The van der Waals surface area contributed by atoms with Gasteiger partial charge >= 0.3 is 5.97 Å². The van der Waals surface area contributed by atoms with Crippen LogP contribution in [-0.4, -0.2) is 51.4 Å². The lowest BCUT2D eigenvalue weighted by Crippen LogP contribution is -2.42. The number of aryl methyl sites for hydroxylation is 1. The van der Waals surface area contributed by atoms with Crippen molar-refractivity contribution in [2.45, 2.75) is 36.8 Å². The Morgan fingerprint density at radius 1 is 1.50 bits per heavy atom. The third kappa shape index (κ3) is 2.86. The van der Waals surface area contributed by atoms with Crippen LogP contribution in [0.1, 0.15) is 25.7 Å². The number of sulfonamides is 1. The van der Waals surface area contributed by atoms with E-state index < -0.39 is 22.5 Å². The number of aromatic nitrogens is 3. The Hall–Kier alpha value is -1.00. The molecular weight excluding hydrogens is 352 g/mol. The summed E-state index contributed by atoms with van der Waals surface area (Å²) in [6, 6.07) is -0.280. The number of hydrogen-bond acceptors (Lipinski definition) is 5.